The van der Waals surface area contributed by atoms with Crippen LogP contribution in [0.25, 0.3) is 0 Å². The highest BCUT2D eigenvalue weighted by Gasteiger charge is 2.16. The van der Waals surface area contributed by atoms with E-state index < -0.39 is 17.7 Å². The van der Waals surface area contributed by atoms with Crippen LogP contribution in [0.15, 0.2) is 18.2 Å². The Morgan fingerprint density at radius 3 is 2.80 bits per heavy atom. The van der Waals surface area contributed by atoms with E-state index in [4.69, 9.17) is 4.74 Å². The Bertz CT molecular complexity index is 422. The van der Waals surface area contributed by atoms with Crippen molar-refractivity contribution in [3.8, 4) is 0 Å². The first-order valence-electron chi connectivity index (χ1n) is 7.09. The monoisotopic (exact) mass is 285 g/mol. The van der Waals surface area contributed by atoms with Crippen molar-refractivity contribution in [1.82, 2.24) is 5.32 Å². The Morgan fingerprint density at radius 1 is 1.30 bits per heavy atom. The van der Waals surface area contributed by atoms with E-state index in [1.807, 2.05) is 0 Å². The SMILES string of the molecule is OC(CNCc1cc(F)ccc1F)COC1CCCC1. The van der Waals surface area contributed by atoms with Gasteiger partial charge in [0.15, 0.2) is 0 Å². The van der Waals surface area contributed by atoms with Crippen molar-refractivity contribution in [2.75, 3.05) is 13.2 Å². The molecule has 1 atom stereocenters. The number of nitrogens with one attached hydrogen (secondary N) is 1. The van der Waals surface area contributed by atoms with Crippen LogP contribution in [0.4, 0.5) is 8.78 Å². The topological polar surface area (TPSA) is 41.5 Å². The van der Waals surface area contributed by atoms with E-state index in [1.54, 1.807) is 0 Å². The molecule has 20 heavy (non-hydrogen) atoms. The molecule has 3 nitrogen and oxygen atoms in total. The van der Waals surface area contributed by atoms with Crippen molar-refractivity contribution in [3.05, 3.63) is 35.4 Å². The van der Waals surface area contributed by atoms with E-state index in [9.17, 15) is 13.9 Å². The molecule has 112 valence electrons. The van der Waals surface area contributed by atoms with Crippen LogP contribution >= 0.6 is 0 Å². The highest BCUT2D eigenvalue weighted by molar-refractivity contribution is 5.18. The van der Waals surface area contributed by atoms with Gasteiger partial charge in [0.2, 0.25) is 0 Å². The molecule has 1 aromatic carbocycles. The molecular weight excluding hydrogens is 264 g/mol. The zero-order valence-corrected chi connectivity index (χ0v) is 11.4. The summed E-state index contributed by atoms with van der Waals surface area (Å²) in [5.74, 6) is -0.913. The predicted octanol–water partition coefficient (Wildman–Crippen LogP) is 2.37. The Balaban J connectivity index is 1.65. The molecule has 1 fully saturated rings. The largest absolute Gasteiger partial charge is 0.389 e. The number of benzene rings is 1. The zero-order valence-electron chi connectivity index (χ0n) is 11.4. The van der Waals surface area contributed by atoms with E-state index in [0.29, 0.717) is 6.54 Å². The smallest absolute Gasteiger partial charge is 0.127 e. The number of hydrogen-bond acceptors (Lipinski definition) is 3. The Labute approximate surface area is 117 Å². The molecule has 0 heterocycles. The van der Waals surface area contributed by atoms with Crippen LogP contribution in [0.2, 0.25) is 0 Å². The number of ether oxygens (including phenoxy) is 1. The minimum atomic E-state index is -0.632. The number of aliphatic hydroxyl groups excluding tert-OH is 1. The number of rotatable bonds is 7. The van der Waals surface area contributed by atoms with Crippen LogP contribution in [0, 0.1) is 11.6 Å². The summed E-state index contributed by atoms with van der Waals surface area (Å²) in [4.78, 5) is 0. The summed E-state index contributed by atoms with van der Waals surface area (Å²) >= 11 is 0. The van der Waals surface area contributed by atoms with Crippen LogP contribution in [0.5, 0.6) is 0 Å². The van der Waals surface area contributed by atoms with Crippen LogP contribution in [0.3, 0.4) is 0 Å². The molecule has 1 unspecified atom stereocenters. The van der Waals surface area contributed by atoms with Gasteiger partial charge in [0.1, 0.15) is 11.6 Å². The first-order valence-corrected chi connectivity index (χ1v) is 7.09. The van der Waals surface area contributed by atoms with Crippen molar-refractivity contribution in [2.45, 2.75) is 44.4 Å². The fourth-order valence-corrected chi connectivity index (χ4v) is 2.41. The minimum absolute atomic E-state index is 0.185. The normalized spacial score (nSPS) is 17.6. The second-order valence-corrected chi connectivity index (χ2v) is 5.26. The number of hydrogen-bond donors (Lipinski definition) is 2. The van der Waals surface area contributed by atoms with Gasteiger partial charge in [-0.05, 0) is 31.0 Å². The van der Waals surface area contributed by atoms with Crippen LogP contribution in [0.1, 0.15) is 31.2 Å². The van der Waals surface area contributed by atoms with Gasteiger partial charge in [0.25, 0.3) is 0 Å². The zero-order chi connectivity index (χ0) is 14.4. The third-order valence-electron chi connectivity index (χ3n) is 3.53. The van der Waals surface area contributed by atoms with Gasteiger partial charge in [-0.2, -0.15) is 0 Å². The van der Waals surface area contributed by atoms with Gasteiger partial charge < -0.3 is 15.2 Å². The molecule has 0 radical (unpaired) electrons. The standard InChI is InChI=1S/C15H21F2NO2/c16-12-5-6-15(17)11(7-12)8-18-9-13(19)10-20-14-3-1-2-4-14/h5-7,13-14,18-19H,1-4,8-10H2. The van der Waals surface area contributed by atoms with Gasteiger partial charge in [-0.25, -0.2) is 8.78 Å². The lowest BCUT2D eigenvalue weighted by Crippen LogP contribution is -2.31. The Kier molecular flexibility index (Phi) is 5.88. The molecule has 0 amide bonds. The van der Waals surface area contributed by atoms with Crippen molar-refractivity contribution >= 4 is 0 Å². The molecule has 2 rings (SSSR count). The Hall–Kier alpha value is -1.04. The average molecular weight is 285 g/mol. The number of halogens is 2. The second kappa shape index (κ2) is 7.67. The molecular formula is C15H21F2NO2. The van der Waals surface area contributed by atoms with Gasteiger partial charge in [0.05, 0.1) is 18.8 Å². The van der Waals surface area contributed by atoms with Crippen LogP contribution in [-0.2, 0) is 11.3 Å². The molecule has 0 aliphatic heterocycles. The van der Waals surface area contributed by atoms with Crippen LogP contribution < -0.4 is 5.32 Å². The van der Waals surface area contributed by atoms with Crippen molar-refractivity contribution in [2.24, 2.45) is 0 Å². The van der Waals surface area contributed by atoms with Crippen molar-refractivity contribution in [3.63, 3.8) is 0 Å². The molecule has 0 spiro atoms. The lowest BCUT2D eigenvalue weighted by molar-refractivity contribution is -0.00551. The third-order valence-corrected chi connectivity index (χ3v) is 3.53. The summed E-state index contributed by atoms with van der Waals surface area (Å²) in [6.07, 6.45) is 4.15. The lowest BCUT2D eigenvalue weighted by atomic mass is 10.2. The summed E-state index contributed by atoms with van der Waals surface area (Å²) < 4.78 is 31.9. The van der Waals surface area contributed by atoms with E-state index in [0.717, 1.165) is 31.0 Å². The summed E-state index contributed by atoms with van der Waals surface area (Å²) in [5, 5.41) is 12.7. The maximum Gasteiger partial charge on any atom is 0.127 e. The molecule has 5 heteroatoms. The highest BCUT2D eigenvalue weighted by atomic mass is 19.1. The van der Waals surface area contributed by atoms with Gasteiger partial charge in [-0.15, -0.1) is 0 Å². The summed E-state index contributed by atoms with van der Waals surface area (Å²) in [5.41, 5.74) is 0.258. The van der Waals surface area contributed by atoms with E-state index in [-0.39, 0.29) is 24.8 Å². The van der Waals surface area contributed by atoms with Gasteiger partial charge in [0, 0.05) is 18.7 Å². The fourth-order valence-electron chi connectivity index (χ4n) is 2.41. The average Bonchev–Trinajstić information content (AvgIpc) is 2.93. The Morgan fingerprint density at radius 2 is 2.05 bits per heavy atom. The van der Waals surface area contributed by atoms with E-state index in [1.165, 1.54) is 12.8 Å². The molecule has 0 saturated heterocycles. The summed E-state index contributed by atoms with van der Waals surface area (Å²) in [6.45, 7) is 0.760. The fraction of sp³-hybridized carbons (Fsp3) is 0.600. The molecule has 2 N–H and O–H groups in total. The molecule has 1 aliphatic carbocycles. The summed E-state index contributed by atoms with van der Waals surface area (Å²) in [6, 6.07) is 3.35. The van der Waals surface area contributed by atoms with Crippen LogP contribution in [-0.4, -0.2) is 30.5 Å². The van der Waals surface area contributed by atoms with Gasteiger partial charge in [-0.1, -0.05) is 12.8 Å². The summed E-state index contributed by atoms with van der Waals surface area (Å²) in [7, 11) is 0. The first-order chi connectivity index (χ1) is 9.65. The maximum absolute atomic E-state index is 13.4. The lowest BCUT2D eigenvalue weighted by Gasteiger charge is -2.16. The van der Waals surface area contributed by atoms with E-state index in [2.05, 4.69) is 5.32 Å². The highest BCUT2D eigenvalue weighted by Crippen LogP contribution is 2.20. The predicted molar refractivity (Wildman–Crippen MR) is 72.3 cm³/mol. The third kappa shape index (κ3) is 4.81. The molecule has 0 aromatic heterocycles. The van der Waals surface area contributed by atoms with E-state index >= 15 is 0 Å². The molecule has 1 saturated carbocycles. The first kappa shape index (κ1) is 15.4. The maximum atomic E-state index is 13.4. The van der Waals surface area contributed by atoms with Crippen molar-refractivity contribution < 1.29 is 18.6 Å². The minimum Gasteiger partial charge on any atom is -0.389 e. The molecule has 0 bridgehead atoms. The number of aliphatic hydroxyl groups is 1. The van der Waals surface area contributed by atoms with Gasteiger partial charge in [-0.3, -0.25) is 0 Å². The molecule has 1 aliphatic rings. The molecule has 1 aromatic rings. The van der Waals surface area contributed by atoms with Crippen molar-refractivity contribution in [1.29, 1.82) is 0 Å². The second-order valence-electron chi connectivity index (χ2n) is 5.26. The van der Waals surface area contributed by atoms with Gasteiger partial charge >= 0.3 is 0 Å². The quantitative estimate of drug-likeness (QED) is 0.808.